The van der Waals surface area contributed by atoms with E-state index in [1.54, 1.807) is 12.4 Å². The Morgan fingerprint density at radius 2 is 2.20 bits per heavy atom. The first-order valence-corrected chi connectivity index (χ1v) is 4.41. The Morgan fingerprint density at radius 1 is 1.33 bits per heavy atom. The lowest BCUT2D eigenvalue weighted by Crippen LogP contribution is -2.06. The van der Waals surface area contributed by atoms with Gasteiger partial charge in [0.25, 0.3) is 5.91 Å². The first-order valence-electron chi connectivity index (χ1n) is 4.41. The van der Waals surface area contributed by atoms with E-state index in [9.17, 15) is 4.79 Å². The van der Waals surface area contributed by atoms with Crippen LogP contribution in [0.4, 0.5) is 0 Å². The number of hydrogen-bond donors (Lipinski definition) is 1. The molecule has 3 heteroatoms. The molecule has 0 saturated carbocycles. The first kappa shape index (κ1) is 9.22. The molecule has 0 aliphatic carbocycles. The Kier molecular flexibility index (Phi) is 2.34. The maximum absolute atomic E-state index is 10.5. The second kappa shape index (κ2) is 3.81. The molecule has 1 aromatic carbocycles. The van der Waals surface area contributed by atoms with E-state index in [1.165, 1.54) is 0 Å². The monoisotopic (exact) mass is 196 g/mol. The van der Waals surface area contributed by atoms with Crippen molar-refractivity contribution in [3.05, 3.63) is 42.2 Å². The first-order chi connectivity index (χ1) is 7.27. The largest absolute Gasteiger partial charge is 0.359 e. The highest BCUT2D eigenvalue weighted by Crippen LogP contribution is 2.15. The van der Waals surface area contributed by atoms with Gasteiger partial charge in [0.15, 0.2) is 0 Å². The summed E-state index contributed by atoms with van der Waals surface area (Å²) in [5, 5.41) is 1.97. The van der Waals surface area contributed by atoms with Crippen LogP contribution in [-0.2, 0) is 4.79 Å². The number of aromatic nitrogens is 1. The summed E-state index contributed by atoms with van der Waals surface area (Å²) >= 11 is 0. The molecule has 0 aliphatic heterocycles. The number of nitrogens with zero attached hydrogens (tertiary/aromatic N) is 1. The molecule has 0 aliphatic rings. The molecule has 2 rings (SSSR count). The molecule has 72 valence electrons. The second-order valence-electron chi connectivity index (χ2n) is 3.02. The van der Waals surface area contributed by atoms with Gasteiger partial charge in [0.05, 0.1) is 0 Å². The highest BCUT2D eigenvalue weighted by atomic mass is 16.1. The summed E-state index contributed by atoms with van der Waals surface area (Å²) in [7, 11) is 0. The third-order valence-corrected chi connectivity index (χ3v) is 2.00. The van der Waals surface area contributed by atoms with Gasteiger partial charge in [-0.1, -0.05) is 18.1 Å². The van der Waals surface area contributed by atoms with Crippen LogP contribution in [0.3, 0.4) is 0 Å². The number of carbonyl (C=O) groups is 1. The Bertz CT molecular complexity index is 573. The fourth-order valence-corrected chi connectivity index (χ4v) is 1.36. The maximum atomic E-state index is 10.5. The van der Waals surface area contributed by atoms with Crippen molar-refractivity contribution >= 4 is 16.7 Å². The zero-order chi connectivity index (χ0) is 10.7. The minimum atomic E-state index is -0.624. The number of benzene rings is 1. The normalized spacial score (nSPS) is 9.33. The highest BCUT2D eigenvalue weighted by molar-refractivity contribution is 5.94. The quantitative estimate of drug-likeness (QED) is 0.641. The Labute approximate surface area is 86.9 Å². The van der Waals surface area contributed by atoms with Crippen molar-refractivity contribution in [1.29, 1.82) is 0 Å². The van der Waals surface area contributed by atoms with Crippen molar-refractivity contribution in [1.82, 2.24) is 4.98 Å². The van der Waals surface area contributed by atoms with Gasteiger partial charge >= 0.3 is 0 Å². The molecule has 0 saturated heterocycles. The summed E-state index contributed by atoms with van der Waals surface area (Å²) in [4.78, 5) is 14.6. The minimum Gasteiger partial charge on any atom is -0.359 e. The number of primary amides is 1. The number of carbonyl (C=O) groups excluding carboxylic acids is 1. The predicted molar refractivity (Wildman–Crippen MR) is 57.8 cm³/mol. The molecular formula is C12H8N2O. The molecule has 0 unspecified atom stereocenters. The third kappa shape index (κ3) is 1.94. The molecule has 0 atom stereocenters. The lowest BCUT2D eigenvalue weighted by atomic mass is 10.1. The number of amides is 1. The molecule has 0 bridgehead atoms. The Hall–Kier alpha value is -2.34. The molecule has 2 N–H and O–H groups in total. The van der Waals surface area contributed by atoms with E-state index in [-0.39, 0.29) is 0 Å². The summed E-state index contributed by atoms with van der Waals surface area (Å²) < 4.78 is 0. The molecule has 3 nitrogen and oxygen atoms in total. The molecule has 1 heterocycles. The number of fused-ring (bicyclic) bond motifs is 1. The molecule has 2 aromatic rings. The topological polar surface area (TPSA) is 56.0 Å². The van der Waals surface area contributed by atoms with Crippen molar-refractivity contribution in [2.45, 2.75) is 0 Å². The van der Waals surface area contributed by atoms with E-state index in [0.717, 1.165) is 16.3 Å². The molecular weight excluding hydrogens is 188 g/mol. The number of rotatable bonds is 0. The maximum Gasteiger partial charge on any atom is 0.293 e. The van der Waals surface area contributed by atoms with Crippen LogP contribution in [0.15, 0.2) is 36.7 Å². The van der Waals surface area contributed by atoms with Crippen LogP contribution in [0.1, 0.15) is 5.56 Å². The SMILES string of the molecule is NC(=O)C#Cc1cccc2cnccc12. The van der Waals surface area contributed by atoms with Gasteiger partial charge in [-0.25, -0.2) is 0 Å². The van der Waals surface area contributed by atoms with Crippen LogP contribution in [0.2, 0.25) is 0 Å². The standard InChI is InChI=1S/C12H8N2O/c13-12(15)5-4-9-2-1-3-10-8-14-7-6-11(9)10/h1-3,6-8H,(H2,13,15). The van der Waals surface area contributed by atoms with Gasteiger partial charge in [0.2, 0.25) is 0 Å². The molecule has 0 radical (unpaired) electrons. The van der Waals surface area contributed by atoms with Crippen molar-refractivity contribution < 1.29 is 4.79 Å². The van der Waals surface area contributed by atoms with Crippen LogP contribution in [-0.4, -0.2) is 10.9 Å². The summed E-state index contributed by atoms with van der Waals surface area (Å²) in [6.45, 7) is 0. The molecule has 1 amide bonds. The fourth-order valence-electron chi connectivity index (χ4n) is 1.36. The molecule has 1 aromatic heterocycles. The lowest BCUT2D eigenvalue weighted by Gasteiger charge is -1.98. The smallest absolute Gasteiger partial charge is 0.293 e. The van der Waals surface area contributed by atoms with Crippen molar-refractivity contribution in [3.8, 4) is 11.8 Å². The van der Waals surface area contributed by atoms with Crippen molar-refractivity contribution in [3.63, 3.8) is 0 Å². The lowest BCUT2D eigenvalue weighted by molar-refractivity contribution is -0.112. The Balaban J connectivity index is 2.63. The van der Waals surface area contributed by atoms with Gasteiger partial charge < -0.3 is 5.73 Å². The van der Waals surface area contributed by atoms with Gasteiger partial charge in [-0.15, -0.1) is 0 Å². The molecule has 0 spiro atoms. The van der Waals surface area contributed by atoms with Crippen LogP contribution in [0.5, 0.6) is 0 Å². The second-order valence-corrected chi connectivity index (χ2v) is 3.02. The number of nitrogens with two attached hydrogens (primary N) is 1. The zero-order valence-electron chi connectivity index (χ0n) is 7.90. The molecule has 15 heavy (non-hydrogen) atoms. The van der Waals surface area contributed by atoms with Crippen LogP contribution < -0.4 is 5.73 Å². The third-order valence-electron chi connectivity index (χ3n) is 2.00. The summed E-state index contributed by atoms with van der Waals surface area (Å²) in [5.41, 5.74) is 5.75. The van der Waals surface area contributed by atoms with Gasteiger partial charge in [-0.3, -0.25) is 9.78 Å². The number of pyridine rings is 1. The van der Waals surface area contributed by atoms with Crippen LogP contribution >= 0.6 is 0 Å². The van der Waals surface area contributed by atoms with Gasteiger partial charge in [0.1, 0.15) is 0 Å². The van der Waals surface area contributed by atoms with Crippen LogP contribution in [0, 0.1) is 11.8 Å². The van der Waals surface area contributed by atoms with Gasteiger partial charge in [0, 0.05) is 34.7 Å². The van der Waals surface area contributed by atoms with E-state index in [1.807, 2.05) is 24.3 Å². The van der Waals surface area contributed by atoms with E-state index in [0.29, 0.717) is 0 Å². The zero-order valence-corrected chi connectivity index (χ0v) is 7.90. The molecule has 0 fully saturated rings. The number of hydrogen-bond acceptors (Lipinski definition) is 2. The van der Waals surface area contributed by atoms with E-state index in [2.05, 4.69) is 16.8 Å². The van der Waals surface area contributed by atoms with Gasteiger partial charge in [-0.05, 0) is 12.1 Å². The average molecular weight is 196 g/mol. The van der Waals surface area contributed by atoms with Gasteiger partial charge in [-0.2, -0.15) is 0 Å². The fraction of sp³-hybridized carbons (Fsp3) is 0. The van der Waals surface area contributed by atoms with E-state index < -0.39 is 5.91 Å². The van der Waals surface area contributed by atoms with Crippen molar-refractivity contribution in [2.75, 3.05) is 0 Å². The van der Waals surface area contributed by atoms with E-state index in [4.69, 9.17) is 5.73 Å². The summed E-state index contributed by atoms with van der Waals surface area (Å²) in [5.74, 6) is 4.43. The highest BCUT2D eigenvalue weighted by Gasteiger charge is 1.96. The summed E-state index contributed by atoms with van der Waals surface area (Å²) in [6, 6.07) is 7.52. The Morgan fingerprint density at radius 3 is 3.00 bits per heavy atom. The summed E-state index contributed by atoms with van der Waals surface area (Å²) in [6.07, 6.45) is 3.45. The van der Waals surface area contributed by atoms with E-state index >= 15 is 0 Å². The minimum absolute atomic E-state index is 0.624. The van der Waals surface area contributed by atoms with Crippen LogP contribution in [0.25, 0.3) is 10.8 Å². The predicted octanol–water partition coefficient (Wildman–Crippen LogP) is 1.07. The van der Waals surface area contributed by atoms with Crippen molar-refractivity contribution in [2.24, 2.45) is 5.73 Å². The average Bonchev–Trinajstić information content (AvgIpc) is 2.26.